The maximum absolute atomic E-state index is 14.9. The van der Waals surface area contributed by atoms with Crippen molar-refractivity contribution in [2.24, 2.45) is 0 Å². The van der Waals surface area contributed by atoms with Gasteiger partial charge in [0.1, 0.15) is 18.4 Å². The van der Waals surface area contributed by atoms with Crippen LogP contribution in [0.4, 0.5) is 10.1 Å². The lowest BCUT2D eigenvalue weighted by molar-refractivity contribution is -0.140. The highest BCUT2D eigenvalue weighted by Gasteiger charge is 2.34. The molecule has 0 aromatic heterocycles. The van der Waals surface area contributed by atoms with Gasteiger partial charge < -0.3 is 10.2 Å². The molecule has 3 aromatic carbocycles. The van der Waals surface area contributed by atoms with E-state index in [2.05, 4.69) is 5.32 Å². The topological polar surface area (TPSA) is 86.8 Å². The first kappa shape index (κ1) is 30.5. The molecule has 1 saturated carbocycles. The average Bonchev–Trinajstić information content (AvgIpc) is 2.95. The van der Waals surface area contributed by atoms with Crippen molar-refractivity contribution < 1.29 is 22.4 Å². The van der Waals surface area contributed by atoms with Crippen molar-refractivity contribution in [1.29, 1.82) is 0 Å². The summed E-state index contributed by atoms with van der Waals surface area (Å²) in [4.78, 5) is 29.3. The average molecular weight is 600 g/mol. The molecule has 41 heavy (non-hydrogen) atoms. The van der Waals surface area contributed by atoms with Crippen molar-refractivity contribution in [2.75, 3.05) is 17.1 Å². The number of halogens is 2. The van der Waals surface area contributed by atoms with E-state index in [-0.39, 0.29) is 36.2 Å². The Morgan fingerprint density at radius 2 is 1.59 bits per heavy atom. The monoisotopic (exact) mass is 599 g/mol. The third-order valence-corrected chi connectivity index (χ3v) is 8.71. The third-order valence-electron chi connectivity index (χ3n) is 7.31. The standard InChI is InChI=1S/C31H35ClFN3O4S/c1-41(39,40)36(27-18-16-25(32)17-19-27)22-30(37)35(21-24-12-8-9-15-28(24)33)29(20-23-10-4-2-5-11-23)31(38)34-26-13-6-3-7-14-26/h2,4-5,8-12,15-19,26,29H,3,6-7,13-14,20-22H2,1H3,(H,34,38). The molecule has 1 aliphatic carbocycles. The molecule has 1 unspecified atom stereocenters. The van der Waals surface area contributed by atoms with Gasteiger partial charge in [-0.25, -0.2) is 12.8 Å². The first-order chi connectivity index (χ1) is 19.6. The summed E-state index contributed by atoms with van der Waals surface area (Å²) >= 11 is 6.00. The fourth-order valence-electron chi connectivity index (χ4n) is 5.13. The second kappa shape index (κ2) is 14.0. The molecule has 4 rings (SSSR count). The molecule has 0 spiro atoms. The first-order valence-corrected chi connectivity index (χ1v) is 15.9. The Kier molecular flexibility index (Phi) is 10.4. The van der Waals surface area contributed by atoms with Crippen LogP contribution in [0.25, 0.3) is 0 Å². The van der Waals surface area contributed by atoms with Gasteiger partial charge in [-0.15, -0.1) is 0 Å². The summed E-state index contributed by atoms with van der Waals surface area (Å²) in [5.74, 6) is -1.50. The molecule has 0 heterocycles. The Hall–Kier alpha value is -3.43. The molecule has 7 nitrogen and oxygen atoms in total. The normalized spacial score (nSPS) is 14.7. The zero-order valence-corrected chi connectivity index (χ0v) is 24.6. The molecular formula is C31H35ClFN3O4S. The van der Waals surface area contributed by atoms with E-state index in [1.807, 2.05) is 30.3 Å². The summed E-state index contributed by atoms with van der Waals surface area (Å²) in [7, 11) is -3.90. The van der Waals surface area contributed by atoms with Crippen LogP contribution in [0.1, 0.15) is 43.2 Å². The minimum atomic E-state index is -3.90. The second-order valence-corrected chi connectivity index (χ2v) is 12.8. The number of nitrogens with one attached hydrogen (secondary N) is 1. The van der Waals surface area contributed by atoms with Gasteiger partial charge in [0.25, 0.3) is 0 Å². The summed E-state index contributed by atoms with van der Waals surface area (Å²) in [5, 5.41) is 3.54. The van der Waals surface area contributed by atoms with Crippen LogP contribution in [0.2, 0.25) is 5.02 Å². The first-order valence-electron chi connectivity index (χ1n) is 13.7. The lowest BCUT2D eigenvalue weighted by atomic mass is 9.94. The molecule has 0 bridgehead atoms. The van der Waals surface area contributed by atoms with E-state index in [1.54, 1.807) is 18.2 Å². The fraction of sp³-hybridized carbons (Fsp3) is 0.355. The van der Waals surface area contributed by atoms with Crippen LogP contribution < -0.4 is 9.62 Å². The van der Waals surface area contributed by atoms with Crippen LogP contribution in [0, 0.1) is 5.82 Å². The van der Waals surface area contributed by atoms with Crippen LogP contribution in [0.5, 0.6) is 0 Å². The molecule has 1 atom stereocenters. The quantitative estimate of drug-likeness (QED) is 0.323. The van der Waals surface area contributed by atoms with Crippen molar-refractivity contribution in [3.05, 3.63) is 101 Å². The number of hydrogen-bond donors (Lipinski definition) is 1. The van der Waals surface area contributed by atoms with E-state index in [4.69, 9.17) is 11.6 Å². The third kappa shape index (κ3) is 8.53. The Morgan fingerprint density at radius 3 is 2.22 bits per heavy atom. The van der Waals surface area contributed by atoms with Gasteiger partial charge in [-0.2, -0.15) is 0 Å². The predicted octanol–water partition coefficient (Wildman–Crippen LogP) is 5.33. The molecule has 0 saturated heterocycles. The highest BCUT2D eigenvalue weighted by molar-refractivity contribution is 7.92. The molecule has 10 heteroatoms. The zero-order valence-electron chi connectivity index (χ0n) is 23.0. The smallest absolute Gasteiger partial charge is 0.244 e. The molecule has 218 valence electrons. The van der Waals surface area contributed by atoms with Gasteiger partial charge in [-0.05, 0) is 48.7 Å². The summed E-state index contributed by atoms with van der Waals surface area (Å²) in [6, 6.07) is 20.4. The number of carbonyl (C=O) groups is 2. The Labute approximate surface area is 246 Å². The van der Waals surface area contributed by atoms with Crippen molar-refractivity contribution in [1.82, 2.24) is 10.2 Å². The maximum Gasteiger partial charge on any atom is 0.244 e. The van der Waals surface area contributed by atoms with Crippen molar-refractivity contribution in [3.8, 4) is 0 Å². The number of amides is 2. The van der Waals surface area contributed by atoms with Crippen LogP contribution >= 0.6 is 11.6 Å². The summed E-state index contributed by atoms with van der Waals surface area (Å²) in [5.41, 5.74) is 1.30. The number of anilines is 1. The highest BCUT2D eigenvalue weighted by atomic mass is 35.5. The SMILES string of the molecule is CS(=O)(=O)N(CC(=O)N(Cc1ccccc1F)C(Cc1ccccc1)C(=O)NC1CCCCC1)c1ccc(Cl)cc1. The van der Waals surface area contributed by atoms with Gasteiger partial charge in [0.15, 0.2) is 0 Å². The number of carbonyl (C=O) groups excluding carboxylic acids is 2. The van der Waals surface area contributed by atoms with E-state index in [0.717, 1.165) is 48.2 Å². The molecule has 0 aliphatic heterocycles. The summed E-state index contributed by atoms with van der Waals surface area (Å²) in [6.45, 7) is -0.782. The van der Waals surface area contributed by atoms with Crippen molar-refractivity contribution in [3.63, 3.8) is 0 Å². The van der Waals surface area contributed by atoms with Crippen LogP contribution in [0.3, 0.4) is 0 Å². The van der Waals surface area contributed by atoms with Gasteiger partial charge in [-0.1, -0.05) is 79.4 Å². The molecule has 3 aromatic rings. The predicted molar refractivity (Wildman–Crippen MR) is 160 cm³/mol. The lowest BCUT2D eigenvalue weighted by Crippen LogP contribution is -2.55. The van der Waals surface area contributed by atoms with E-state index < -0.39 is 34.3 Å². The van der Waals surface area contributed by atoms with Crippen LogP contribution in [0.15, 0.2) is 78.9 Å². The summed E-state index contributed by atoms with van der Waals surface area (Å²) in [6.07, 6.45) is 6.02. The summed E-state index contributed by atoms with van der Waals surface area (Å²) < 4.78 is 41.5. The van der Waals surface area contributed by atoms with Gasteiger partial charge >= 0.3 is 0 Å². The minimum Gasteiger partial charge on any atom is -0.352 e. The Balaban J connectivity index is 1.72. The molecule has 1 fully saturated rings. The van der Waals surface area contributed by atoms with Crippen LogP contribution in [-0.4, -0.2) is 50.0 Å². The Morgan fingerprint density at radius 1 is 0.951 bits per heavy atom. The van der Waals surface area contributed by atoms with E-state index in [9.17, 15) is 22.4 Å². The van der Waals surface area contributed by atoms with E-state index >= 15 is 0 Å². The van der Waals surface area contributed by atoms with E-state index in [1.165, 1.54) is 35.2 Å². The minimum absolute atomic E-state index is 0.0125. The second-order valence-electron chi connectivity index (χ2n) is 10.4. The molecule has 1 aliphatic rings. The number of rotatable bonds is 11. The fourth-order valence-corrected chi connectivity index (χ4v) is 6.11. The molecule has 1 N–H and O–H groups in total. The molecular weight excluding hydrogens is 565 g/mol. The number of benzene rings is 3. The van der Waals surface area contributed by atoms with E-state index in [0.29, 0.717) is 5.02 Å². The molecule has 0 radical (unpaired) electrons. The number of hydrogen-bond acceptors (Lipinski definition) is 4. The zero-order chi connectivity index (χ0) is 29.4. The largest absolute Gasteiger partial charge is 0.352 e. The van der Waals surface area contributed by atoms with Gasteiger partial charge in [0.05, 0.1) is 11.9 Å². The Bertz CT molecular complexity index is 1430. The number of nitrogens with zero attached hydrogens (tertiary/aromatic N) is 2. The maximum atomic E-state index is 14.9. The lowest BCUT2D eigenvalue weighted by Gasteiger charge is -2.35. The van der Waals surface area contributed by atoms with Gasteiger partial charge in [0, 0.05) is 29.6 Å². The molecule has 2 amide bonds. The number of sulfonamides is 1. The van der Waals surface area contributed by atoms with Gasteiger partial charge in [0.2, 0.25) is 21.8 Å². The van der Waals surface area contributed by atoms with Gasteiger partial charge in [-0.3, -0.25) is 13.9 Å². The van der Waals surface area contributed by atoms with Crippen molar-refractivity contribution in [2.45, 2.75) is 57.2 Å². The van der Waals surface area contributed by atoms with Crippen LogP contribution in [-0.2, 0) is 32.6 Å². The van der Waals surface area contributed by atoms with Crippen molar-refractivity contribution >= 4 is 39.1 Å². The highest BCUT2D eigenvalue weighted by Crippen LogP contribution is 2.23.